The van der Waals surface area contributed by atoms with E-state index in [0.717, 1.165) is 25.7 Å². The number of esters is 1. The maximum Gasteiger partial charge on any atom is 0.308 e. The summed E-state index contributed by atoms with van der Waals surface area (Å²) in [4.78, 5) is 30.9. The molecule has 1 fully saturated rings. The normalized spacial score (nSPS) is 21.6. The van der Waals surface area contributed by atoms with Gasteiger partial charge in [-0.3, -0.25) is 14.9 Å². The first-order valence-corrected chi connectivity index (χ1v) is 6.95. The Hall–Kier alpha value is -2.02. The summed E-state index contributed by atoms with van der Waals surface area (Å²) >= 11 is 0. The highest BCUT2D eigenvalue weighted by Gasteiger charge is 2.27. The van der Waals surface area contributed by atoms with Crippen molar-refractivity contribution in [1.82, 2.24) is 9.97 Å². The number of hydrogen-bond acceptors (Lipinski definition) is 6. The Morgan fingerprint density at radius 3 is 2.52 bits per heavy atom. The maximum absolute atomic E-state index is 11.7. The highest BCUT2D eigenvalue weighted by Crippen LogP contribution is 2.26. The molecule has 1 aromatic rings. The molecule has 1 amide bonds. The molecule has 7 heteroatoms. The zero-order valence-corrected chi connectivity index (χ0v) is 11.9. The average Bonchev–Trinajstić information content (AvgIpc) is 2.53. The van der Waals surface area contributed by atoms with Gasteiger partial charge in [0.15, 0.2) is 0 Å². The summed E-state index contributed by atoms with van der Waals surface area (Å²) in [6.07, 6.45) is 6.11. The standard InChI is InChI=1S/C14H19N3O4/c1-20-13(19)10-3-5-11(6-4-10)21-9-12(18)17-14-15-7-2-8-16-14/h2,7-8,10-11H,3-6,9H2,1H3,(H,15,16,17,18). The minimum atomic E-state index is -0.281. The van der Waals surface area contributed by atoms with Crippen LogP contribution in [0.1, 0.15) is 25.7 Å². The third-order valence-corrected chi connectivity index (χ3v) is 3.48. The number of methoxy groups -OCH3 is 1. The number of nitrogens with zero attached hydrogens (tertiary/aromatic N) is 2. The van der Waals surface area contributed by atoms with Gasteiger partial charge in [0.2, 0.25) is 5.95 Å². The van der Waals surface area contributed by atoms with Crippen LogP contribution in [-0.4, -0.2) is 41.7 Å². The molecule has 0 saturated heterocycles. The van der Waals surface area contributed by atoms with Crippen molar-refractivity contribution in [2.24, 2.45) is 5.92 Å². The molecule has 1 aliphatic rings. The summed E-state index contributed by atoms with van der Waals surface area (Å²) in [6.45, 7) is -0.0359. The average molecular weight is 293 g/mol. The molecule has 0 aliphatic heterocycles. The van der Waals surface area contributed by atoms with Crippen LogP contribution in [0.3, 0.4) is 0 Å². The summed E-state index contributed by atoms with van der Waals surface area (Å²) in [5, 5.41) is 2.56. The van der Waals surface area contributed by atoms with E-state index in [-0.39, 0.29) is 36.5 Å². The molecule has 1 N–H and O–H groups in total. The van der Waals surface area contributed by atoms with Crippen molar-refractivity contribution < 1.29 is 19.1 Å². The van der Waals surface area contributed by atoms with Crippen LogP contribution >= 0.6 is 0 Å². The zero-order valence-electron chi connectivity index (χ0n) is 11.9. The predicted molar refractivity (Wildman–Crippen MR) is 74.4 cm³/mol. The Morgan fingerprint density at radius 1 is 1.24 bits per heavy atom. The van der Waals surface area contributed by atoms with Crippen LogP contribution < -0.4 is 5.32 Å². The molecular formula is C14H19N3O4. The van der Waals surface area contributed by atoms with E-state index < -0.39 is 0 Å². The van der Waals surface area contributed by atoms with Gasteiger partial charge < -0.3 is 9.47 Å². The van der Waals surface area contributed by atoms with E-state index in [0.29, 0.717) is 0 Å². The summed E-state index contributed by atoms with van der Waals surface area (Å²) in [7, 11) is 1.40. The third kappa shape index (κ3) is 4.78. The lowest BCUT2D eigenvalue weighted by Crippen LogP contribution is -2.29. The van der Waals surface area contributed by atoms with E-state index in [9.17, 15) is 9.59 Å². The Bertz CT molecular complexity index is 472. The lowest BCUT2D eigenvalue weighted by Gasteiger charge is -2.26. The molecule has 1 aromatic heterocycles. The van der Waals surface area contributed by atoms with Gasteiger partial charge in [-0.15, -0.1) is 0 Å². The van der Waals surface area contributed by atoms with Gasteiger partial charge >= 0.3 is 5.97 Å². The van der Waals surface area contributed by atoms with Gasteiger partial charge in [-0.2, -0.15) is 0 Å². The monoisotopic (exact) mass is 293 g/mol. The lowest BCUT2D eigenvalue weighted by molar-refractivity contribution is -0.148. The van der Waals surface area contributed by atoms with Gasteiger partial charge in [-0.25, -0.2) is 9.97 Å². The van der Waals surface area contributed by atoms with E-state index in [1.807, 2.05) is 0 Å². The summed E-state index contributed by atoms with van der Waals surface area (Å²) in [6, 6.07) is 1.67. The maximum atomic E-state index is 11.7. The second-order valence-electron chi connectivity index (χ2n) is 4.93. The molecule has 0 aromatic carbocycles. The SMILES string of the molecule is COC(=O)C1CCC(OCC(=O)Nc2ncccn2)CC1. The fraction of sp³-hybridized carbons (Fsp3) is 0.571. The summed E-state index contributed by atoms with van der Waals surface area (Å²) in [5.41, 5.74) is 0. The van der Waals surface area contributed by atoms with E-state index in [4.69, 9.17) is 9.47 Å². The fourth-order valence-electron chi connectivity index (χ4n) is 2.35. The number of anilines is 1. The highest BCUT2D eigenvalue weighted by atomic mass is 16.5. The number of nitrogens with one attached hydrogen (secondary N) is 1. The molecule has 0 spiro atoms. The number of carbonyl (C=O) groups excluding carboxylic acids is 2. The number of rotatable bonds is 5. The van der Waals surface area contributed by atoms with E-state index >= 15 is 0 Å². The molecule has 1 heterocycles. The first-order chi connectivity index (χ1) is 10.2. The van der Waals surface area contributed by atoms with E-state index in [1.165, 1.54) is 7.11 Å². The Balaban J connectivity index is 1.68. The van der Waals surface area contributed by atoms with Crippen molar-refractivity contribution in [2.75, 3.05) is 19.0 Å². The molecule has 0 unspecified atom stereocenters. The van der Waals surface area contributed by atoms with Crippen molar-refractivity contribution in [3.8, 4) is 0 Å². The molecule has 21 heavy (non-hydrogen) atoms. The number of amides is 1. The van der Waals surface area contributed by atoms with Gasteiger partial charge in [-0.1, -0.05) is 0 Å². The highest BCUT2D eigenvalue weighted by molar-refractivity contribution is 5.89. The van der Waals surface area contributed by atoms with Gasteiger partial charge in [-0.05, 0) is 31.7 Å². The van der Waals surface area contributed by atoms with Crippen molar-refractivity contribution in [3.05, 3.63) is 18.5 Å². The Morgan fingerprint density at radius 2 is 1.90 bits per heavy atom. The number of hydrogen-bond donors (Lipinski definition) is 1. The van der Waals surface area contributed by atoms with Crippen molar-refractivity contribution >= 4 is 17.8 Å². The lowest BCUT2D eigenvalue weighted by atomic mass is 9.87. The van der Waals surface area contributed by atoms with Gasteiger partial charge in [0.25, 0.3) is 5.91 Å². The van der Waals surface area contributed by atoms with Crippen LogP contribution in [0.25, 0.3) is 0 Å². The van der Waals surface area contributed by atoms with Crippen molar-refractivity contribution in [3.63, 3.8) is 0 Å². The number of carbonyl (C=O) groups is 2. The quantitative estimate of drug-likeness (QED) is 0.819. The van der Waals surface area contributed by atoms with Crippen molar-refractivity contribution in [1.29, 1.82) is 0 Å². The third-order valence-electron chi connectivity index (χ3n) is 3.48. The molecule has 1 saturated carbocycles. The van der Waals surface area contributed by atoms with Gasteiger partial charge in [0.1, 0.15) is 6.61 Å². The molecule has 1 aliphatic carbocycles. The van der Waals surface area contributed by atoms with Crippen LogP contribution in [0.4, 0.5) is 5.95 Å². The first kappa shape index (κ1) is 15.4. The van der Waals surface area contributed by atoms with Crippen LogP contribution in [0, 0.1) is 5.92 Å². The largest absolute Gasteiger partial charge is 0.469 e. The molecule has 0 bridgehead atoms. The second-order valence-corrected chi connectivity index (χ2v) is 4.93. The van der Waals surface area contributed by atoms with Crippen molar-refractivity contribution in [2.45, 2.75) is 31.8 Å². The van der Waals surface area contributed by atoms with E-state index in [2.05, 4.69) is 15.3 Å². The Kier molecular flexibility index (Phi) is 5.62. The topological polar surface area (TPSA) is 90.4 Å². The smallest absolute Gasteiger partial charge is 0.308 e. The van der Waals surface area contributed by atoms with Gasteiger partial charge in [0, 0.05) is 12.4 Å². The molecule has 2 rings (SSSR count). The minimum absolute atomic E-state index is 0.00773. The summed E-state index contributed by atoms with van der Waals surface area (Å²) < 4.78 is 10.3. The first-order valence-electron chi connectivity index (χ1n) is 6.95. The molecule has 7 nitrogen and oxygen atoms in total. The van der Waals surface area contributed by atoms with E-state index in [1.54, 1.807) is 18.5 Å². The zero-order chi connectivity index (χ0) is 15.1. The predicted octanol–water partition coefficient (Wildman–Crippen LogP) is 1.16. The molecular weight excluding hydrogens is 274 g/mol. The van der Waals surface area contributed by atoms with Crippen LogP contribution in [0.5, 0.6) is 0 Å². The molecule has 0 radical (unpaired) electrons. The minimum Gasteiger partial charge on any atom is -0.469 e. The fourth-order valence-corrected chi connectivity index (χ4v) is 2.35. The van der Waals surface area contributed by atoms with Gasteiger partial charge in [0.05, 0.1) is 19.1 Å². The van der Waals surface area contributed by atoms with Crippen LogP contribution in [0.15, 0.2) is 18.5 Å². The molecule has 114 valence electrons. The second kappa shape index (κ2) is 7.68. The number of ether oxygens (including phenoxy) is 2. The number of aromatic nitrogens is 2. The summed E-state index contributed by atoms with van der Waals surface area (Å²) in [5.74, 6) is -0.217. The van der Waals surface area contributed by atoms with Crippen LogP contribution in [-0.2, 0) is 19.1 Å². The van der Waals surface area contributed by atoms with Crippen LogP contribution in [0.2, 0.25) is 0 Å². The Labute approximate surface area is 123 Å². The molecule has 0 atom stereocenters.